The maximum Gasteiger partial charge on any atom is 2.00 e. The quantitative estimate of drug-likeness (QED) is 0.184. The number of hydrogen-bond acceptors (Lipinski definition) is 12. The van der Waals surface area contributed by atoms with Crippen LogP contribution in [0.25, 0.3) is 0 Å². The van der Waals surface area contributed by atoms with Crippen LogP contribution in [-0.4, -0.2) is 84.6 Å². The monoisotopic (exact) mass is 261 g/mol. The third kappa shape index (κ3) is 13400. The van der Waals surface area contributed by atoms with Gasteiger partial charge >= 0.3 is 50.9 Å². The third-order valence-electron chi connectivity index (χ3n) is 0. The minimum absolute atomic E-state index is 0. The zero-order chi connectivity index (χ0) is 14.3. The number of hydrogen-bond donors (Lipinski definition) is 9. The molecule has 0 aromatic heterocycles. The second-order valence-corrected chi connectivity index (χ2v) is 1.33. The fourth-order valence-corrected chi connectivity index (χ4v) is 0. The van der Waals surface area contributed by atoms with Crippen LogP contribution >= 0.6 is 0 Å². The Morgan fingerprint density at radius 1 is 0.500 bits per heavy atom. The zero-order valence-electron chi connectivity index (χ0n) is 9.27. The van der Waals surface area contributed by atoms with Crippen molar-refractivity contribution in [2.24, 2.45) is 0 Å². The molecule has 0 radical (unpaired) electrons. The summed E-state index contributed by atoms with van der Waals surface area (Å²) in [5.41, 5.74) is 0. The molecule has 0 bridgehead atoms. The van der Waals surface area contributed by atoms with Gasteiger partial charge in [0.25, 0.3) is 0 Å². The summed E-state index contributed by atoms with van der Waals surface area (Å²) in [4.78, 5) is 0. The molecule has 0 fully saturated rings. The van der Waals surface area contributed by atoms with Crippen molar-refractivity contribution in [1.82, 2.24) is 0 Å². The fourth-order valence-electron chi connectivity index (χ4n) is 0. The van der Waals surface area contributed by atoms with Crippen LogP contribution in [0.2, 0.25) is 0 Å². The molecule has 0 aromatic carbocycles. The molecule has 0 aliphatic heterocycles. The van der Waals surface area contributed by atoms with E-state index in [0.29, 0.717) is 0 Å². The van der Waals surface area contributed by atoms with Gasteiger partial charge in [-0.3, -0.25) is 7.32 Å². The van der Waals surface area contributed by atoms with Gasteiger partial charge in [0, 0.05) is 0 Å². The van der Waals surface area contributed by atoms with Crippen LogP contribution < -0.4 is 33.9 Å². The molecule has 0 saturated heterocycles. The van der Waals surface area contributed by atoms with Gasteiger partial charge in [-0.1, -0.05) is 0 Å². The molecule has 0 rings (SSSR count). The van der Waals surface area contributed by atoms with E-state index in [2.05, 4.69) is 0 Å². The van der Waals surface area contributed by atoms with Gasteiger partial charge in [-0.25, -0.2) is 0 Å². The molecule has 0 heterocycles. The molecular formula is H9B4BeLiO12. The molecule has 0 saturated carbocycles. The summed E-state index contributed by atoms with van der Waals surface area (Å²) in [5.74, 6) is 0. The summed E-state index contributed by atoms with van der Waals surface area (Å²) in [5, 5.41) is 89.8. The van der Waals surface area contributed by atoms with E-state index >= 15 is 0 Å². The molecule has 0 spiro atoms. The Labute approximate surface area is 119 Å². The fraction of sp³-hybridized carbons (Fsp3) is 0. The molecule has 0 unspecified atom stereocenters. The van der Waals surface area contributed by atoms with Crippen LogP contribution in [0.5, 0.6) is 0 Å². The van der Waals surface area contributed by atoms with E-state index in [9.17, 15) is 0 Å². The smallest absolute Gasteiger partial charge is 0.907 e. The average molecular weight is 260 g/mol. The Morgan fingerprint density at radius 3 is 0.500 bits per heavy atom. The average Bonchev–Trinajstić information content (AvgIpc) is 1.76. The maximum atomic E-state index is 8.42. The van der Waals surface area contributed by atoms with Gasteiger partial charge in [-0.05, 0) is 0 Å². The summed E-state index contributed by atoms with van der Waals surface area (Å²) in [7, 11) is -9.42. The van der Waals surface area contributed by atoms with Gasteiger partial charge in [0.2, 0.25) is 0 Å². The Morgan fingerprint density at radius 2 is 0.500 bits per heavy atom. The second-order valence-electron chi connectivity index (χ2n) is 1.33. The molecule has 18 heavy (non-hydrogen) atoms. The summed E-state index contributed by atoms with van der Waals surface area (Å²) in [6.45, 7) is 0. The Bertz CT molecular complexity index is 67.1. The molecule has 9 N–H and O–H groups in total. The van der Waals surface area contributed by atoms with Gasteiger partial charge in [0.15, 0.2) is 0 Å². The van der Waals surface area contributed by atoms with Crippen molar-refractivity contribution >= 4 is 39.4 Å². The van der Waals surface area contributed by atoms with E-state index in [1.807, 2.05) is 0 Å². The van der Waals surface area contributed by atoms with Crippen molar-refractivity contribution in [1.29, 1.82) is 0 Å². The molecule has 0 amide bonds. The van der Waals surface area contributed by atoms with Crippen LogP contribution in [0.1, 0.15) is 0 Å². The largest absolute Gasteiger partial charge is 2.00 e. The molecule has 0 atom stereocenters. The normalized spacial score (nSPS) is 6.00. The predicted molar refractivity (Wildman–Crippen MR) is 48.7 cm³/mol. The summed E-state index contributed by atoms with van der Waals surface area (Å²) in [6, 6.07) is 0. The second kappa shape index (κ2) is 30.5. The van der Waals surface area contributed by atoms with Crippen molar-refractivity contribution < 1.29 is 79.1 Å². The third-order valence-corrected chi connectivity index (χ3v) is 0. The van der Waals surface area contributed by atoms with Crippen LogP contribution in [0.15, 0.2) is 0 Å². The Kier molecular flexibility index (Phi) is 61.5. The standard InChI is InChI=1S/3BH3O3.BO3.Be.Li/c4*2-1(3)4;;/h3*2-4H;;;/q;;;-3;+2;+1. The van der Waals surface area contributed by atoms with E-state index in [0.717, 1.165) is 0 Å². The van der Waals surface area contributed by atoms with Gasteiger partial charge < -0.3 is 60.3 Å². The van der Waals surface area contributed by atoms with Crippen LogP contribution in [0.4, 0.5) is 0 Å². The Balaban J connectivity index is -0.0000000257. The SMILES string of the molecule is OB(O)O.OB(O)O.OB(O)O.[Be+2].[Li+].[O-]B([O-])[O-]. The van der Waals surface area contributed by atoms with Gasteiger partial charge in [0.1, 0.15) is 0 Å². The zero-order valence-corrected chi connectivity index (χ0v) is 9.27. The predicted octanol–water partition coefficient (Wildman–Crippen LogP) is -13.5. The van der Waals surface area contributed by atoms with E-state index in [-0.39, 0.29) is 29.0 Å². The first-order valence-electron chi connectivity index (χ1n) is 3.03. The molecule has 0 aromatic rings. The van der Waals surface area contributed by atoms with Crippen molar-refractivity contribution in [2.75, 3.05) is 0 Å². The van der Waals surface area contributed by atoms with Crippen molar-refractivity contribution in [2.45, 2.75) is 0 Å². The first-order chi connectivity index (χ1) is 6.93. The van der Waals surface area contributed by atoms with Crippen molar-refractivity contribution in [3.63, 3.8) is 0 Å². The minimum Gasteiger partial charge on any atom is -0.907 e. The molecule has 0 aliphatic rings. The van der Waals surface area contributed by atoms with Crippen LogP contribution in [0.3, 0.4) is 0 Å². The maximum absolute atomic E-state index is 8.42. The van der Waals surface area contributed by atoms with E-state index in [1.54, 1.807) is 0 Å². The summed E-state index contributed by atoms with van der Waals surface area (Å²) < 4.78 is 0. The summed E-state index contributed by atoms with van der Waals surface area (Å²) in [6.07, 6.45) is 0. The summed E-state index contributed by atoms with van der Waals surface area (Å²) >= 11 is 0. The topological polar surface area (TPSA) is 251 Å². The molecule has 18 heteroatoms. The van der Waals surface area contributed by atoms with Crippen LogP contribution in [-0.2, 0) is 0 Å². The van der Waals surface area contributed by atoms with Gasteiger partial charge in [0.05, 0.1) is 0 Å². The number of rotatable bonds is 0. The molecule has 0 aliphatic carbocycles. The van der Waals surface area contributed by atoms with E-state index in [1.165, 1.54) is 0 Å². The van der Waals surface area contributed by atoms with E-state index in [4.69, 9.17) is 60.3 Å². The molecule has 12 nitrogen and oxygen atoms in total. The van der Waals surface area contributed by atoms with Gasteiger partial charge in [-0.2, -0.15) is 0 Å². The van der Waals surface area contributed by atoms with Crippen molar-refractivity contribution in [3.8, 4) is 0 Å². The van der Waals surface area contributed by atoms with Gasteiger partial charge in [-0.15, -0.1) is 0 Å². The van der Waals surface area contributed by atoms with Crippen molar-refractivity contribution in [3.05, 3.63) is 0 Å². The Hall–Kier alpha value is 0.546. The first-order valence-corrected chi connectivity index (χ1v) is 3.03. The minimum atomic E-state index is -2.92. The first kappa shape index (κ1) is 36.3. The van der Waals surface area contributed by atoms with E-state index < -0.39 is 29.3 Å². The molecule has 96 valence electrons. The molecular weight excluding hydrogens is 251 g/mol. The van der Waals surface area contributed by atoms with Crippen LogP contribution in [0, 0.1) is 0 Å².